The molecule has 2 N–H and O–H groups in total. The molecule has 194 valence electrons. The molecule has 0 radical (unpaired) electrons. The zero-order valence-corrected chi connectivity index (χ0v) is 23.9. The van der Waals surface area contributed by atoms with Gasteiger partial charge in [-0.2, -0.15) is 0 Å². The monoisotopic (exact) mass is 580 g/mol. The first-order valence-corrected chi connectivity index (χ1v) is 12.1. The summed E-state index contributed by atoms with van der Waals surface area (Å²) in [6.45, 7) is 7.50. The summed E-state index contributed by atoms with van der Waals surface area (Å²) in [5.74, 6) is 0.463. The number of fused-ring (bicyclic) bond motifs is 1. The summed E-state index contributed by atoms with van der Waals surface area (Å²) >= 11 is 8.01. The average Bonchev–Trinajstić information content (AvgIpc) is 3.22. The normalized spacial score (nSPS) is 16.1. The maximum absolute atomic E-state index is 12.2. The number of thiophene rings is 1. The minimum Gasteiger partial charge on any atom is -0.355 e. The predicted octanol–water partition coefficient (Wildman–Crippen LogP) is 5.07. The van der Waals surface area contributed by atoms with E-state index in [1.165, 1.54) is 0 Å². The van der Waals surface area contributed by atoms with Crippen LogP contribution in [0.2, 0.25) is 5.02 Å². The number of likely N-dealkylation sites (N-methyl/N-ethyl adjacent to an activating group) is 1. The van der Waals surface area contributed by atoms with Crippen LogP contribution >= 0.6 is 60.2 Å². The Kier molecular flexibility index (Phi) is 13.0. The Morgan fingerprint density at radius 1 is 1.26 bits per heavy atom. The van der Waals surface area contributed by atoms with Crippen molar-refractivity contribution >= 4 is 82.1 Å². The molecule has 7 nitrogen and oxygen atoms in total. The summed E-state index contributed by atoms with van der Waals surface area (Å²) in [4.78, 5) is 27.1. The van der Waals surface area contributed by atoms with Crippen LogP contribution in [-0.4, -0.2) is 78.5 Å². The summed E-state index contributed by atoms with van der Waals surface area (Å²) in [6, 6.07) is 8.29. The molecule has 1 amide bonds. The van der Waals surface area contributed by atoms with Gasteiger partial charge in [-0.3, -0.25) is 9.69 Å². The number of nitrogens with zero attached hydrogens (tertiary/aromatic N) is 4. The maximum Gasteiger partial charge on any atom is 0.251 e. The fourth-order valence-electron chi connectivity index (χ4n) is 4.13. The average molecular weight is 582 g/mol. The second-order valence-corrected chi connectivity index (χ2v) is 9.72. The number of amides is 1. The summed E-state index contributed by atoms with van der Waals surface area (Å²) in [7, 11) is 3.82. The van der Waals surface area contributed by atoms with Crippen molar-refractivity contribution in [1.82, 2.24) is 25.1 Å². The van der Waals surface area contributed by atoms with E-state index in [4.69, 9.17) is 11.6 Å². The zero-order chi connectivity index (χ0) is 22.7. The second-order valence-electron chi connectivity index (χ2n) is 8.22. The number of halogens is 4. The molecule has 0 unspecified atom stereocenters. The lowest BCUT2D eigenvalue weighted by molar-refractivity contribution is 0.0964. The third kappa shape index (κ3) is 7.55. The Morgan fingerprint density at radius 3 is 2.74 bits per heavy atom. The molecule has 1 atom stereocenters. The van der Waals surface area contributed by atoms with Crippen molar-refractivity contribution < 1.29 is 4.79 Å². The standard InChI is InChI=1S/C23H29ClN6OS.3ClH/c1-15-14-29(3)10-11-30(15)9-5-8-26-23-27-13-18(24)21(28-23)20-12-17-16(22(31)25-2)6-4-7-19(17)32-20;;;/h4,6-7,12-13,15H,5,8-11,14H2,1-3H3,(H,25,31)(H,26,27,28);3*1H/t15-;;;/m1.../s1. The van der Waals surface area contributed by atoms with Gasteiger partial charge in [-0.05, 0) is 38.6 Å². The van der Waals surface area contributed by atoms with Gasteiger partial charge in [-0.1, -0.05) is 17.7 Å². The molecule has 12 heteroatoms. The highest BCUT2D eigenvalue weighted by molar-refractivity contribution is 7.22. The van der Waals surface area contributed by atoms with Gasteiger partial charge >= 0.3 is 0 Å². The summed E-state index contributed by atoms with van der Waals surface area (Å²) in [5.41, 5.74) is 1.33. The molecule has 0 aliphatic carbocycles. The number of aromatic nitrogens is 2. The van der Waals surface area contributed by atoms with E-state index in [1.54, 1.807) is 24.6 Å². The van der Waals surface area contributed by atoms with Gasteiger partial charge in [0, 0.05) is 61.5 Å². The third-order valence-electron chi connectivity index (χ3n) is 5.88. The molecule has 35 heavy (non-hydrogen) atoms. The van der Waals surface area contributed by atoms with E-state index in [2.05, 4.69) is 44.4 Å². The lowest BCUT2D eigenvalue weighted by Gasteiger charge is -2.38. The molecule has 1 aliphatic heterocycles. The second kappa shape index (κ2) is 14.4. The van der Waals surface area contributed by atoms with Gasteiger partial charge in [-0.25, -0.2) is 9.97 Å². The third-order valence-corrected chi connectivity index (χ3v) is 7.27. The predicted molar refractivity (Wildman–Crippen MR) is 155 cm³/mol. The summed E-state index contributed by atoms with van der Waals surface area (Å²) in [5, 5.41) is 7.43. The van der Waals surface area contributed by atoms with Crippen LogP contribution in [0.4, 0.5) is 5.95 Å². The molecule has 1 fully saturated rings. The Labute approximate surface area is 234 Å². The zero-order valence-electron chi connectivity index (χ0n) is 19.9. The molecule has 1 aliphatic rings. The molecule has 2 aromatic heterocycles. The van der Waals surface area contributed by atoms with E-state index in [1.807, 2.05) is 24.3 Å². The van der Waals surface area contributed by atoms with Crippen LogP contribution in [0.5, 0.6) is 0 Å². The van der Waals surface area contributed by atoms with Gasteiger partial charge in [0.15, 0.2) is 0 Å². The SMILES string of the molecule is CNC(=O)c1cccc2sc(-c3nc(NCCCN4CCN(C)C[C@H]4C)ncc3Cl)cc12.Cl.Cl.Cl. The number of nitrogens with one attached hydrogen (secondary N) is 2. The first-order valence-electron chi connectivity index (χ1n) is 10.9. The molecule has 0 spiro atoms. The number of hydrogen-bond acceptors (Lipinski definition) is 7. The van der Waals surface area contributed by atoms with E-state index in [0.29, 0.717) is 28.3 Å². The van der Waals surface area contributed by atoms with E-state index < -0.39 is 0 Å². The Hall–Kier alpha value is -1.39. The Bertz CT molecular complexity index is 1110. The van der Waals surface area contributed by atoms with Gasteiger partial charge in [0.25, 0.3) is 5.91 Å². The highest BCUT2D eigenvalue weighted by atomic mass is 35.5. The van der Waals surface area contributed by atoms with Crippen LogP contribution < -0.4 is 10.6 Å². The van der Waals surface area contributed by atoms with E-state index in [-0.39, 0.29) is 43.1 Å². The molecule has 3 heterocycles. The quantitative estimate of drug-likeness (QED) is 0.379. The van der Waals surface area contributed by atoms with Crippen LogP contribution in [0.3, 0.4) is 0 Å². The van der Waals surface area contributed by atoms with E-state index >= 15 is 0 Å². The highest BCUT2D eigenvalue weighted by Crippen LogP contribution is 2.37. The van der Waals surface area contributed by atoms with Crippen LogP contribution in [0.1, 0.15) is 23.7 Å². The van der Waals surface area contributed by atoms with Crippen molar-refractivity contribution in [1.29, 1.82) is 0 Å². The van der Waals surface area contributed by atoms with Crippen molar-refractivity contribution in [3.05, 3.63) is 41.0 Å². The lowest BCUT2D eigenvalue weighted by Crippen LogP contribution is -2.50. The largest absolute Gasteiger partial charge is 0.355 e. The molecule has 4 rings (SSSR count). The Balaban J connectivity index is 0.00000204. The number of piperazine rings is 1. The number of carbonyl (C=O) groups excluding carboxylic acids is 1. The smallest absolute Gasteiger partial charge is 0.251 e. The number of carbonyl (C=O) groups is 1. The minimum atomic E-state index is -0.106. The number of anilines is 1. The molecule has 1 aromatic carbocycles. The van der Waals surface area contributed by atoms with E-state index in [0.717, 1.165) is 54.1 Å². The number of benzene rings is 1. The van der Waals surface area contributed by atoms with Crippen LogP contribution in [0.15, 0.2) is 30.5 Å². The molecule has 1 saturated heterocycles. The van der Waals surface area contributed by atoms with Gasteiger partial charge < -0.3 is 15.5 Å². The molecule has 0 bridgehead atoms. The Morgan fingerprint density at radius 2 is 2.03 bits per heavy atom. The molecule has 3 aromatic rings. The fourth-order valence-corrected chi connectivity index (χ4v) is 5.47. The van der Waals surface area contributed by atoms with Gasteiger partial charge in [-0.15, -0.1) is 48.6 Å². The number of rotatable bonds is 7. The lowest BCUT2D eigenvalue weighted by atomic mass is 10.1. The molecular weight excluding hydrogens is 550 g/mol. The van der Waals surface area contributed by atoms with Crippen molar-refractivity contribution in [3.8, 4) is 10.6 Å². The van der Waals surface area contributed by atoms with Crippen molar-refractivity contribution in [2.45, 2.75) is 19.4 Å². The minimum absolute atomic E-state index is 0. The van der Waals surface area contributed by atoms with E-state index in [9.17, 15) is 4.79 Å². The van der Waals surface area contributed by atoms with Crippen LogP contribution in [-0.2, 0) is 0 Å². The van der Waals surface area contributed by atoms with Gasteiger partial charge in [0.05, 0.1) is 16.1 Å². The maximum atomic E-state index is 12.2. The van der Waals surface area contributed by atoms with Crippen LogP contribution in [0, 0.1) is 0 Å². The van der Waals surface area contributed by atoms with Crippen molar-refractivity contribution in [2.75, 3.05) is 52.1 Å². The highest BCUT2D eigenvalue weighted by Gasteiger charge is 2.20. The topological polar surface area (TPSA) is 73.4 Å². The molecule has 0 saturated carbocycles. The molecular formula is C23H32Cl4N6OS. The van der Waals surface area contributed by atoms with Gasteiger partial charge in [0.1, 0.15) is 5.69 Å². The number of hydrogen-bond donors (Lipinski definition) is 2. The fraction of sp³-hybridized carbons (Fsp3) is 0.435. The first kappa shape index (κ1) is 31.6. The first-order chi connectivity index (χ1) is 15.5. The summed E-state index contributed by atoms with van der Waals surface area (Å²) in [6.07, 6.45) is 2.66. The van der Waals surface area contributed by atoms with Crippen LogP contribution in [0.25, 0.3) is 20.7 Å². The van der Waals surface area contributed by atoms with Gasteiger partial charge in [0.2, 0.25) is 5.95 Å². The summed E-state index contributed by atoms with van der Waals surface area (Å²) < 4.78 is 1.02. The van der Waals surface area contributed by atoms with Crippen molar-refractivity contribution in [3.63, 3.8) is 0 Å². The van der Waals surface area contributed by atoms with Crippen molar-refractivity contribution in [2.24, 2.45) is 0 Å².